The fourth-order valence-corrected chi connectivity index (χ4v) is 3.38. The molecule has 2 aromatic rings. The van der Waals surface area contributed by atoms with Crippen LogP contribution in [0.25, 0.3) is 0 Å². The second-order valence-electron chi connectivity index (χ2n) is 6.99. The van der Waals surface area contributed by atoms with Crippen LogP contribution in [0.5, 0.6) is 5.75 Å². The van der Waals surface area contributed by atoms with Gasteiger partial charge in [0.05, 0.1) is 13.7 Å². The summed E-state index contributed by atoms with van der Waals surface area (Å²) in [5, 5.41) is 6.76. The molecule has 156 valence electrons. The van der Waals surface area contributed by atoms with Gasteiger partial charge in [0.1, 0.15) is 11.6 Å². The molecule has 0 saturated carbocycles. The average molecular weight is 399 g/mol. The number of likely N-dealkylation sites (tertiary alicyclic amines) is 1. The van der Waals surface area contributed by atoms with Gasteiger partial charge in [-0.3, -0.25) is 0 Å². The molecule has 1 aromatic carbocycles. The molecule has 2 N–H and O–H groups in total. The van der Waals surface area contributed by atoms with Gasteiger partial charge in [0.25, 0.3) is 0 Å². The monoisotopic (exact) mass is 399 g/mol. The number of piperidine rings is 1. The van der Waals surface area contributed by atoms with Crippen molar-refractivity contribution in [2.24, 2.45) is 0 Å². The Bertz CT molecular complexity index is 822. The van der Waals surface area contributed by atoms with Crippen molar-refractivity contribution in [3.8, 4) is 5.75 Å². The number of anilines is 2. The van der Waals surface area contributed by atoms with Crippen LogP contribution < -0.4 is 15.4 Å². The molecule has 1 aliphatic rings. The summed E-state index contributed by atoms with van der Waals surface area (Å²) in [5.74, 6) is 2.19. The van der Waals surface area contributed by atoms with E-state index in [9.17, 15) is 4.79 Å². The van der Waals surface area contributed by atoms with Gasteiger partial charge in [0.2, 0.25) is 5.95 Å². The molecule has 0 bridgehead atoms. The van der Waals surface area contributed by atoms with Crippen LogP contribution in [-0.2, 0) is 11.3 Å². The lowest BCUT2D eigenvalue weighted by Gasteiger charge is -2.31. The van der Waals surface area contributed by atoms with Crippen LogP contribution in [0.4, 0.5) is 16.6 Å². The van der Waals surface area contributed by atoms with Gasteiger partial charge in [-0.1, -0.05) is 18.2 Å². The van der Waals surface area contributed by atoms with E-state index >= 15 is 0 Å². The van der Waals surface area contributed by atoms with Crippen molar-refractivity contribution in [1.29, 1.82) is 0 Å². The number of rotatable bonds is 7. The first-order valence-electron chi connectivity index (χ1n) is 9.98. The van der Waals surface area contributed by atoms with Crippen molar-refractivity contribution in [2.45, 2.75) is 39.3 Å². The highest BCUT2D eigenvalue weighted by atomic mass is 16.6. The Labute approximate surface area is 171 Å². The molecule has 29 heavy (non-hydrogen) atoms. The second kappa shape index (κ2) is 9.95. The smallest absolute Gasteiger partial charge is 0.409 e. The van der Waals surface area contributed by atoms with E-state index in [0.29, 0.717) is 32.2 Å². The topological polar surface area (TPSA) is 88.6 Å². The molecule has 1 saturated heterocycles. The minimum Gasteiger partial charge on any atom is -0.496 e. The Hall–Kier alpha value is -3.03. The minimum absolute atomic E-state index is 0.230. The van der Waals surface area contributed by atoms with Crippen molar-refractivity contribution in [2.75, 3.05) is 37.4 Å². The second-order valence-corrected chi connectivity index (χ2v) is 6.99. The maximum Gasteiger partial charge on any atom is 0.409 e. The summed E-state index contributed by atoms with van der Waals surface area (Å²) in [6.07, 6.45) is 1.48. The Morgan fingerprint density at radius 3 is 2.72 bits per heavy atom. The van der Waals surface area contributed by atoms with Gasteiger partial charge in [-0.25, -0.2) is 9.78 Å². The Morgan fingerprint density at radius 1 is 1.24 bits per heavy atom. The molecule has 0 radical (unpaired) electrons. The van der Waals surface area contributed by atoms with Gasteiger partial charge >= 0.3 is 6.09 Å². The number of para-hydroxylation sites is 1. The molecule has 0 atom stereocenters. The number of hydrogen-bond acceptors (Lipinski definition) is 7. The summed E-state index contributed by atoms with van der Waals surface area (Å²) in [4.78, 5) is 22.7. The van der Waals surface area contributed by atoms with E-state index in [1.807, 2.05) is 44.2 Å². The standard InChI is InChI=1S/C21H29N5O3/c1-4-29-21(27)26-11-9-17(10-12-26)24-19-13-15(2)23-20(25-19)22-14-16-7-5-6-8-18(16)28-3/h5-8,13,17H,4,9-12,14H2,1-3H3,(H2,22,23,24,25). The third-order valence-electron chi connectivity index (χ3n) is 4.86. The molecular weight excluding hydrogens is 370 g/mol. The number of benzene rings is 1. The summed E-state index contributed by atoms with van der Waals surface area (Å²) < 4.78 is 10.5. The Kier molecular flexibility index (Phi) is 7.10. The fraction of sp³-hybridized carbons (Fsp3) is 0.476. The number of aromatic nitrogens is 2. The van der Waals surface area contributed by atoms with Gasteiger partial charge in [-0.15, -0.1) is 0 Å². The quantitative estimate of drug-likeness (QED) is 0.737. The molecule has 1 aliphatic heterocycles. The maximum absolute atomic E-state index is 11.8. The van der Waals surface area contributed by atoms with E-state index in [1.54, 1.807) is 12.0 Å². The lowest BCUT2D eigenvalue weighted by atomic mass is 10.1. The number of methoxy groups -OCH3 is 1. The Balaban J connectivity index is 1.57. The summed E-state index contributed by atoms with van der Waals surface area (Å²) in [6, 6.07) is 10.1. The van der Waals surface area contributed by atoms with Crippen LogP contribution in [0.3, 0.4) is 0 Å². The number of ether oxygens (including phenoxy) is 2. The van der Waals surface area contributed by atoms with Crippen molar-refractivity contribution in [3.05, 3.63) is 41.6 Å². The molecule has 8 nitrogen and oxygen atoms in total. The highest BCUT2D eigenvalue weighted by Crippen LogP contribution is 2.20. The molecule has 0 unspecified atom stereocenters. The summed E-state index contributed by atoms with van der Waals surface area (Å²) >= 11 is 0. The fourth-order valence-electron chi connectivity index (χ4n) is 3.38. The zero-order valence-electron chi connectivity index (χ0n) is 17.3. The van der Waals surface area contributed by atoms with Crippen LogP contribution in [0, 0.1) is 6.92 Å². The number of hydrogen-bond donors (Lipinski definition) is 2. The van der Waals surface area contributed by atoms with Gasteiger partial charge in [0.15, 0.2) is 0 Å². The molecule has 0 spiro atoms. The van der Waals surface area contributed by atoms with Crippen LogP contribution in [0.2, 0.25) is 0 Å². The molecule has 3 rings (SSSR count). The number of carbonyl (C=O) groups excluding carboxylic acids is 1. The molecule has 1 amide bonds. The molecule has 0 aliphatic carbocycles. The Morgan fingerprint density at radius 2 is 2.00 bits per heavy atom. The molecule has 2 heterocycles. The van der Waals surface area contributed by atoms with Crippen LogP contribution >= 0.6 is 0 Å². The molecule has 8 heteroatoms. The van der Waals surface area contributed by atoms with Gasteiger partial charge in [-0.2, -0.15) is 4.98 Å². The number of aryl methyl sites for hydroxylation is 1. The van der Waals surface area contributed by atoms with E-state index in [2.05, 4.69) is 20.6 Å². The zero-order valence-corrected chi connectivity index (χ0v) is 17.3. The highest BCUT2D eigenvalue weighted by Gasteiger charge is 2.23. The summed E-state index contributed by atoms with van der Waals surface area (Å²) in [7, 11) is 1.66. The zero-order chi connectivity index (χ0) is 20.6. The number of carbonyl (C=O) groups is 1. The average Bonchev–Trinajstić information content (AvgIpc) is 2.73. The predicted octanol–water partition coefficient (Wildman–Crippen LogP) is 3.44. The lowest BCUT2D eigenvalue weighted by molar-refractivity contribution is 0.0983. The van der Waals surface area contributed by atoms with Gasteiger partial charge in [-0.05, 0) is 32.8 Å². The highest BCUT2D eigenvalue weighted by molar-refractivity contribution is 5.67. The van der Waals surface area contributed by atoms with Crippen molar-refractivity contribution in [3.63, 3.8) is 0 Å². The van der Waals surface area contributed by atoms with Crippen molar-refractivity contribution >= 4 is 17.9 Å². The summed E-state index contributed by atoms with van der Waals surface area (Å²) in [5.41, 5.74) is 1.93. The predicted molar refractivity (Wildman–Crippen MR) is 112 cm³/mol. The minimum atomic E-state index is -0.230. The largest absolute Gasteiger partial charge is 0.496 e. The van der Waals surface area contributed by atoms with Crippen LogP contribution in [0.1, 0.15) is 31.0 Å². The lowest BCUT2D eigenvalue weighted by Crippen LogP contribution is -2.42. The third kappa shape index (κ3) is 5.73. The molecule has 1 aromatic heterocycles. The SMILES string of the molecule is CCOC(=O)N1CCC(Nc2cc(C)nc(NCc3ccccc3OC)n2)CC1. The van der Waals surface area contributed by atoms with E-state index in [-0.39, 0.29) is 12.1 Å². The first-order chi connectivity index (χ1) is 14.1. The van der Waals surface area contributed by atoms with Gasteiger partial charge < -0.3 is 25.0 Å². The van der Waals surface area contributed by atoms with E-state index in [4.69, 9.17) is 9.47 Å². The van der Waals surface area contributed by atoms with E-state index < -0.39 is 0 Å². The van der Waals surface area contributed by atoms with Crippen LogP contribution in [-0.4, -0.2) is 53.8 Å². The van der Waals surface area contributed by atoms with Crippen molar-refractivity contribution < 1.29 is 14.3 Å². The number of amides is 1. The molecule has 1 fully saturated rings. The van der Waals surface area contributed by atoms with E-state index in [0.717, 1.165) is 35.7 Å². The summed E-state index contributed by atoms with van der Waals surface area (Å²) in [6.45, 7) is 6.11. The number of nitrogens with one attached hydrogen (secondary N) is 2. The van der Waals surface area contributed by atoms with Gasteiger partial charge in [0, 0.05) is 43.0 Å². The first-order valence-corrected chi connectivity index (χ1v) is 9.98. The molecular formula is C21H29N5O3. The number of nitrogens with zero attached hydrogens (tertiary/aromatic N) is 3. The maximum atomic E-state index is 11.8. The van der Waals surface area contributed by atoms with Crippen molar-refractivity contribution in [1.82, 2.24) is 14.9 Å². The van der Waals surface area contributed by atoms with E-state index in [1.165, 1.54) is 0 Å². The third-order valence-corrected chi connectivity index (χ3v) is 4.86. The normalized spacial score (nSPS) is 14.4. The first kappa shape index (κ1) is 20.7. The van der Waals surface area contributed by atoms with Crippen LogP contribution in [0.15, 0.2) is 30.3 Å².